The van der Waals surface area contributed by atoms with Crippen molar-refractivity contribution in [1.29, 1.82) is 0 Å². The van der Waals surface area contributed by atoms with E-state index in [1.54, 1.807) is 0 Å². The van der Waals surface area contributed by atoms with Gasteiger partial charge in [-0.3, -0.25) is 0 Å². The number of nitrogens with zero attached hydrogens (tertiary/aromatic N) is 1. The van der Waals surface area contributed by atoms with Crippen LogP contribution in [0.2, 0.25) is 5.02 Å². The van der Waals surface area contributed by atoms with Crippen LogP contribution in [0, 0.1) is 0 Å². The molecule has 0 spiro atoms. The van der Waals surface area contributed by atoms with Gasteiger partial charge in [0.1, 0.15) is 5.75 Å². The van der Waals surface area contributed by atoms with Crippen molar-refractivity contribution in [3.05, 3.63) is 28.8 Å². The Balaban J connectivity index is 1.78. The number of rotatable bonds is 7. The quantitative estimate of drug-likeness (QED) is 0.744. The van der Waals surface area contributed by atoms with Crippen molar-refractivity contribution >= 4 is 11.6 Å². The van der Waals surface area contributed by atoms with Gasteiger partial charge in [-0.25, -0.2) is 0 Å². The molecule has 1 aromatic carbocycles. The van der Waals surface area contributed by atoms with E-state index in [4.69, 9.17) is 16.3 Å². The summed E-state index contributed by atoms with van der Waals surface area (Å²) in [4.78, 5) is 2.56. The Morgan fingerprint density at radius 3 is 2.74 bits per heavy atom. The molecule has 0 saturated carbocycles. The standard InChI is InChI=1S/C16H24ClNO/c1-2-12-19-16-8-7-14(13-15(16)17)6-5-11-18-9-3-4-10-18/h7-8,13H,2-6,9-12H2,1H3. The van der Waals surface area contributed by atoms with Crippen LogP contribution >= 0.6 is 11.6 Å². The number of ether oxygens (including phenoxy) is 1. The first-order valence-corrected chi connectivity index (χ1v) is 7.81. The van der Waals surface area contributed by atoms with Gasteiger partial charge in [0.25, 0.3) is 0 Å². The normalized spacial score (nSPS) is 15.9. The minimum absolute atomic E-state index is 0.730. The number of likely N-dealkylation sites (tertiary alicyclic amines) is 1. The highest BCUT2D eigenvalue weighted by atomic mass is 35.5. The van der Waals surface area contributed by atoms with E-state index >= 15 is 0 Å². The summed E-state index contributed by atoms with van der Waals surface area (Å²) in [6.07, 6.45) is 6.06. The second kappa shape index (κ2) is 7.76. The average molecular weight is 282 g/mol. The van der Waals surface area contributed by atoms with E-state index in [0.717, 1.165) is 30.2 Å². The molecule has 1 heterocycles. The molecule has 0 N–H and O–H groups in total. The van der Waals surface area contributed by atoms with Crippen molar-refractivity contribution in [2.45, 2.75) is 39.0 Å². The lowest BCUT2D eigenvalue weighted by molar-refractivity contribution is 0.317. The van der Waals surface area contributed by atoms with Gasteiger partial charge in [-0.2, -0.15) is 0 Å². The second-order valence-electron chi connectivity index (χ2n) is 5.27. The average Bonchev–Trinajstić information content (AvgIpc) is 2.91. The van der Waals surface area contributed by atoms with Crippen molar-refractivity contribution < 1.29 is 4.74 Å². The fourth-order valence-electron chi connectivity index (χ4n) is 2.54. The first-order chi connectivity index (χ1) is 9.29. The molecule has 1 saturated heterocycles. The van der Waals surface area contributed by atoms with Gasteiger partial charge < -0.3 is 9.64 Å². The summed E-state index contributed by atoms with van der Waals surface area (Å²) in [6.45, 7) is 6.61. The van der Waals surface area contributed by atoms with Gasteiger partial charge in [-0.05, 0) is 69.4 Å². The number of hydrogen-bond donors (Lipinski definition) is 0. The largest absolute Gasteiger partial charge is 0.492 e. The van der Waals surface area contributed by atoms with Crippen molar-refractivity contribution in [2.75, 3.05) is 26.2 Å². The lowest BCUT2D eigenvalue weighted by Gasteiger charge is -2.14. The maximum Gasteiger partial charge on any atom is 0.137 e. The van der Waals surface area contributed by atoms with Crippen molar-refractivity contribution in [2.24, 2.45) is 0 Å². The van der Waals surface area contributed by atoms with Gasteiger partial charge in [-0.1, -0.05) is 24.6 Å². The smallest absolute Gasteiger partial charge is 0.137 e. The fraction of sp³-hybridized carbons (Fsp3) is 0.625. The lowest BCUT2D eigenvalue weighted by Crippen LogP contribution is -2.20. The molecule has 19 heavy (non-hydrogen) atoms. The maximum absolute atomic E-state index is 6.24. The van der Waals surface area contributed by atoms with Crippen molar-refractivity contribution in [3.63, 3.8) is 0 Å². The summed E-state index contributed by atoms with van der Waals surface area (Å²) in [5.74, 6) is 0.812. The Morgan fingerprint density at radius 2 is 2.05 bits per heavy atom. The van der Waals surface area contributed by atoms with E-state index in [2.05, 4.69) is 24.0 Å². The van der Waals surface area contributed by atoms with Crippen LogP contribution in [0.1, 0.15) is 38.2 Å². The SMILES string of the molecule is CCCOc1ccc(CCCN2CCCC2)cc1Cl. The van der Waals surface area contributed by atoms with Gasteiger partial charge in [0, 0.05) is 0 Å². The van der Waals surface area contributed by atoms with Crippen LogP contribution in [0.4, 0.5) is 0 Å². The number of hydrogen-bond acceptors (Lipinski definition) is 2. The molecule has 1 aliphatic rings. The molecule has 1 aromatic rings. The molecular formula is C16H24ClNO. The predicted molar refractivity (Wildman–Crippen MR) is 81.2 cm³/mol. The second-order valence-corrected chi connectivity index (χ2v) is 5.67. The van der Waals surface area contributed by atoms with Crippen LogP contribution < -0.4 is 4.74 Å². The zero-order valence-corrected chi connectivity index (χ0v) is 12.6. The Hall–Kier alpha value is -0.730. The third-order valence-corrected chi connectivity index (χ3v) is 3.89. The minimum Gasteiger partial charge on any atom is -0.492 e. The van der Waals surface area contributed by atoms with Crippen molar-refractivity contribution in [1.82, 2.24) is 4.90 Å². The van der Waals surface area contributed by atoms with Crippen LogP contribution in [0.15, 0.2) is 18.2 Å². The summed E-state index contributed by atoms with van der Waals surface area (Å²) in [5, 5.41) is 0.743. The third-order valence-electron chi connectivity index (χ3n) is 3.60. The first kappa shape index (κ1) is 14.7. The molecule has 0 aliphatic carbocycles. The van der Waals surface area contributed by atoms with Crippen molar-refractivity contribution in [3.8, 4) is 5.75 Å². The molecule has 0 aromatic heterocycles. The summed E-state index contributed by atoms with van der Waals surface area (Å²) >= 11 is 6.24. The zero-order chi connectivity index (χ0) is 13.5. The lowest BCUT2D eigenvalue weighted by atomic mass is 10.1. The number of aryl methyl sites for hydroxylation is 1. The Morgan fingerprint density at radius 1 is 1.26 bits per heavy atom. The molecule has 0 radical (unpaired) electrons. The molecule has 0 atom stereocenters. The molecule has 1 aliphatic heterocycles. The molecule has 0 bridgehead atoms. The monoisotopic (exact) mass is 281 g/mol. The highest BCUT2D eigenvalue weighted by molar-refractivity contribution is 6.32. The zero-order valence-electron chi connectivity index (χ0n) is 11.8. The van der Waals surface area contributed by atoms with Crippen LogP contribution in [-0.2, 0) is 6.42 Å². The van der Waals surface area contributed by atoms with Crippen LogP contribution in [0.3, 0.4) is 0 Å². The van der Waals surface area contributed by atoms with E-state index < -0.39 is 0 Å². The van der Waals surface area contributed by atoms with Gasteiger partial charge in [-0.15, -0.1) is 0 Å². The summed E-state index contributed by atoms with van der Waals surface area (Å²) < 4.78 is 5.59. The van der Waals surface area contributed by atoms with E-state index in [0.29, 0.717) is 0 Å². The molecule has 1 fully saturated rings. The Kier molecular flexibility index (Phi) is 5.99. The molecule has 2 nitrogen and oxygen atoms in total. The number of halogens is 1. The summed E-state index contributed by atoms with van der Waals surface area (Å²) in [6, 6.07) is 6.20. The highest BCUT2D eigenvalue weighted by Crippen LogP contribution is 2.26. The van der Waals surface area contributed by atoms with Crippen LogP contribution in [-0.4, -0.2) is 31.1 Å². The van der Waals surface area contributed by atoms with Gasteiger partial charge in [0.05, 0.1) is 11.6 Å². The van der Waals surface area contributed by atoms with Crippen LogP contribution in [0.25, 0.3) is 0 Å². The number of benzene rings is 1. The molecule has 106 valence electrons. The van der Waals surface area contributed by atoms with Gasteiger partial charge in [0.2, 0.25) is 0 Å². The molecule has 0 unspecified atom stereocenters. The van der Waals surface area contributed by atoms with Gasteiger partial charge >= 0.3 is 0 Å². The first-order valence-electron chi connectivity index (χ1n) is 7.43. The van der Waals surface area contributed by atoms with Gasteiger partial charge in [0.15, 0.2) is 0 Å². The summed E-state index contributed by atoms with van der Waals surface area (Å²) in [7, 11) is 0. The predicted octanol–water partition coefficient (Wildman–Crippen LogP) is 4.16. The Labute approximate surface area is 121 Å². The molecule has 2 rings (SSSR count). The van der Waals surface area contributed by atoms with Crippen LogP contribution in [0.5, 0.6) is 5.75 Å². The highest BCUT2D eigenvalue weighted by Gasteiger charge is 2.10. The maximum atomic E-state index is 6.24. The minimum atomic E-state index is 0.730. The molecule has 0 amide bonds. The van der Waals surface area contributed by atoms with E-state index in [9.17, 15) is 0 Å². The Bertz CT molecular complexity index is 388. The third kappa shape index (κ3) is 4.70. The van der Waals surface area contributed by atoms with E-state index in [-0.39, 0.29) is 0 Å². The van der Waals surface area contributed by atoms with E-state index in [1.165, 1.54) is 44.5 Å². The molecule has 3 heteroatoms. The van der Waals surface area contributed by atoms with E-state index in [1.807, 2.05) is 6.07 Å². The topological polar surface area (TPSA) is 12.5 Å². The molecular weight excluding hydrogens is 258 g/mol. The summed E-state index contributed by atoms with van der Waals surface area (Å²) in [5.41, 5.74) is 1.31. The fourth-order valence-corrected chi connectivity index (χ4v) is 2.80.